The molecule has 0 bridgehead atoms. The number of aromatic nitrogens is 4. The molecule has 0 aromatic carbocycles. The van der Waals surface area contributed by atoms with Gasteiger partial charge in [0.2, 0.25) is 5.95 Å². The Morgan fingerprint density at radius 2 is 2.33 bits per heavy atom. The number of anilines is 1. The smallest absolute Gasteiger partial charge is 0.280 e. The van der Waals surface area contributed by atoms with Crippen LogP contribution in [-0.2, 0) is 4.74 Å². The van der Waals surface area contributed by atoms with Crippen molar-refractivity contribution in [2.24, 2.45) is 0 Å². The zero-order valence-electron chi connectivity index (χ0n) is 11.1. The van der Waals surface area contributed by atoms with E-state index in [1.54, 1.807) is 0 Å². The van der Waals surface area contributed by atoms with E-state index in [0.29, 0.717) is 0 Å². The number of fused-ring (bicyclic) bond motifs is 1. The number of nitrogens with one attached hydrogen (secondary N) is 1. The molecule has 114 valence electrons. The van der Waals surface area contributed by atoms with Crippen LogP contribution in [0.5, 0.6) is 0 Å². The van der Waals surface area contributed by atoms with E-state index in [-0.39, 0.29) is 17.1 Å². The molecule has 0 saturated carbocycles. The lowest BCUT2D eigenvalue weighted by Crippen LogP contribution is -2.44. The summed E-state index contributed by atoms with van der Waals surface area (Å²) in [5.74, 6) is -0.105. The van der Waals surface area contributed by atoms with Gasteiger partial charge in [-0.05, 0) is 6.92 Å². The van der Waals surface area contributed by atoms with E-state index in [0.717, 1.165) is 0 Å². The van der Waals surface area contributed by atoms with Crippen LogP contribution in [0.1, 0.15) is 13.2 Å². The van der Waals surface area contributed by atoms with E-state index in [9.17, 15) is 20.1 Å². The molecule has 4 atom stereocenters. The molecule has 2 aromatic heterocycles. The molecule has 3 rings (SSSR count). The van der Waals surface area contributed by atoms with Gasteiger partial charge in [0.15, 0.2) is 17.4 Å². The Hall–Kier alpha value is -2.01. The van der Waals surface area contributed by atoms with Crippen molar-refractivity contribution in [1.29, 1.82) is 0 Å². The molecular formula is C11H15N5O5. The fourth-order valence-corrected chi connectivity index (χ4v) is 2.50. The van der Waals surface area contributed by atoms with Gasteiger partial charge in [0.05, 0.1) is 12.9 Å². The largest absolute Gasteiger partial charge is 0.394 e. The number of aromatic amines is 1. The second-order valence-corrected chi connectivity index (χ2v) is 5.16. The minimum atomic E-state index is -1.69. The molecular weight excluding hydrogens is 282 g/mol. The second kappa shape index (κ2) is 4.49. The first kappa shape index (κ1) is 13.9. The number of imidazole rings is 1. The van der Waals surface area contributed by atoms with Crippen molar-refractivity contribution in [3.05, 3.63) is 16.7 Å². The molecule has 1 saturated heterocycles. The topological polar surface area (TPSA) is 160 Å². The number of nitrogens with zero attached hydrogens (tertiary/aromatic N) is 3. The third-order valence-corrected chi connectivity index (χ3v) is 3.64. The van der Waals surface area contributed by atoms with Crippen molar-refractivity contribution < 1.29 is 20.1 Å². The molecule has 1 aliphatic rings. The summed E-state index contributed by atoms with van der Waals surface area (Å²) < 4.78 is 6.76. The van der Waals surface area contributed by atoms with Crippen LogP contribution >= 0.6 is 0 Å². The SMILES string of the molecule is CC1(O)[C@H](O)[C@@H](CO)O[C@H]1n1cnc2c(=O)[nH]c(N)nc21. The van der Waals surface area contributed by atoms with E-state index >= 15 is 0 Å². The number of hydrogen-bond donors (Lipinski definition) is 5. The predicted molar refractivity (Wildman–Crippen MR) is 70.2 cm³/mol. The lowest BCUT2D eigenvalue weighted by Gasteiger charge is -2.27. The van der Waals surface area contributed by atoms with Gasteiger partial charge in [-0.15, -0.1) is 0 Å². The van der Waals surface area contributed by atoms with E-state index < -0.39 is 36.2 Å². The van der Waals surface area contributed by atoms with Gasteiger partial charge >= 0.3 is 0 Å². The Kier molecular flexibility index (Phi) is 2.99. The van der Waals surface area contributed by atoms with E-state index in [2.05, 4.69) is 15.0 Å². The van der Waals surface area contributed by atoms with Crippen molar-refractivity contribution in [3.63, 3.8) is 0 Å². The summed E-state index contributed by atoms with van der Waals surface area (Å²) in [5.41, 5.74) is 3.44. The first-order valence-corrected chi connectivity index (χ1v) is 6.25. The lowest BCUT2D eigenvalue weighted by molar-refractivity contribution is -0.0950. The Morgan fingerprint density at radius 3 is 2.95 bits per heavy atom. The molecule has 0 spiro atoms. The van der Waals surface area contributed by atoms with Gasteiger partial charge in [-0.1, -0.05) is 0 Å². The first-order valence-electron chi connectivity index (χ1n) is 6.25. The molecule has 21 heavy (non-hydrogen) atoms. The number of H-pyrrole nitrogens is 1. The highest BCUT2D eigenvalue weighted by Crippen LogP contribution is 2.38. The zero-order valence-corrected chi connectivity index (χ0v) is 11.1. The minimum absolute atomic E-state index is 0.0329. The van der Waals surface area contributed by atoms with E-state index in [1.165, 1.54) is 17.8 Å². The summed E-state index contributed by atoms with van der Waals surface area (Å²) in [6, 6.07) is 0. The van der Waals surface area contributed by atoms with Gasteiger partial charge < -0.3 is 25.8 Å². The van der Waals surface area contributed by atoms with Crippen LogP contribution in [0.15, 0.2) is 11.1 Å². The van der Waals surface area contributed by atoms with Crippen LogP contribution in [-0.4, -0.2) is 59.3 Å². The minimum Gasteiger partial charge on any atom is -0.394 e. The maximum absolute atomic E-state index is 11.7. The number of aliphatic hydroxyl groups excluding tert-OH is 2. The average molecular weight is 297 g/mol. The molecule has 10 nitrogen and oxygen atoms in total. The molecule has 0 aliphatic carbocycles. The number of aliphatic hydroxyl groups is 3. The summed E-state index contributed by atoms with van der Waals surface area (Å²) in [6.45, 7) is 0.900. The molecule has 1 fully saturated rings. The highest BCUT2D eigenvalue weighted by Gasteiger charge is 2.53. The highest BCUT2D eigenvalue weighted by molar-refractivity contribution is 5.70. The maximum atomic E-state index is 11.7. The molecule has 0 radical (unpaired) electrons. The molecule has 2 aromatic rings. The Bertz CT molecular complexity index is 738. The van der Waals surface area contributed by atoms with Gasteiger partial charge in [-0.25, -0.2) is 4.98 Å². The van der Waals surface area contributed by atoms with Crippen LogP contribution in [0.2, 0.25) is 0 Å². The van der Waals surface area contributed by atoms with Crippen LogP contribution in [0.4, 0.5) is 5.95 Å². The maximum Gasteiger partial charge on any atom is 0.280 e. The van der Waals surface area contributed by atoms with Crippen LogP contribution in [0.3, 0.4) is 0 Å². The number of nitrogens with two attached hydrogens (primary N) is 1. The molecule has 1 aliphatic heterocycles. The quantitative estimate of drug-likeness (QED) is 0.414. The first-order chi connectivity index (χ1) is 9.86. The summed E-state index contributed by atoms with van der Waals surface area (Å²) in [7, 11) is 0. The third kappa shape index (κ3) is 1.92. The summed E-state index contributed by atoms with van der Waals surface area (Å²) in [5, 5.41) is 29.6. The summed E-state index contributed by atoms with van der Waals surface area (Å²) in [6.07, 6.45) is -2.06. The third-order valence-electron chi connectivity index (χ3n) is 3.64. The van der Waals surface area contributed by atoms with Gasteiger partial charge in [0, 0.05) is 0 Å². The lowest BCUT2D eigenvalue weighted by atomic mass is 9.96. The van der Waals surface area contributed by atoms with Crippen molar-refractivity contribution in [1.82, 2.24) is 19.5 Å². The monoisotopic (exact) mass is 297 g/mol. The van der Waals surface area contributed by atoms with Gasteiger partial charge in [-0.2, -0.15) is 4.98 Å². The summed E-state index contributed by atoms with van der Waals surface area (Å²) in [4.78, 5) is 21.9. The van der Waals surface area contributed by atoms with E-state index in [4.69, 9.17) is 10.5 Å². The molecule has 3 heterocycles. The fourth-order valence-electron chi connectivity index (χ4n) is 2.50. The van der Waals surface area contributed by atoms with Crippen LogP contribution in [0, 0.1) is 0 Å². The van der Waals surface area contributed by atoms with Gasteiger partial charge in [-0.3, -0.25) is 14.3 Å². The fraction of sp³-hybridized carbons (Fsp3) is 0.545. The highest BCUT2D eigenvalue weighted by atomic mass is 16.6. The molecule has 10 heteroatoms. The molecule has 0 amide bonds. The Labute approximate surface area is 117 Å². The predicted octanol–water partition coefficient (Wildman–Crippen LogP) is -2.30. The number of rotatable bonds is 2. The van der Waals surface area contributed by atoms with Crippen molar-refractivity contribution in [2.45, 2.75) is 31.0 Å². The van der Waals surface area contributed by atoms with Crippen molar-refractivity contribution in [2.75, 3.05) is 12.3 Å². The zero-order chi connectivity index (χ0) is 15.4. The normalized spacial score (nSPS) is 32.9. The van der Waals surface area contributed by atoms with Gasteiger partial charge in [0.25, 0.3) is 5.56 Å². The second-order valence-electron chi connectivity index (χ2n) is 5.16. The van der Waals surface area contributed by atoms with E-state index in [1.807, 2.05) is 0 Å². The Balaban J connectivity index is 2.15. The van der Waals surface area contributed by atoms with Gasteiger partial charge in [0.1, 0.15) is 17.8 Å². The Morgan fingerprint density at radius 1 is 1.62 bits per heavy atom. The standard InChI is InChI=1S/C11H15N5O5/c1-11(20)6(18)4(2-17)21-9(11)16-3-13-5-7(16)14-10(12)15-8(5)19/h3-4,6,9,17-18,20H,2H2,1H3,(H3,12,14,15,19)/t4-,6-,9-,11?/m1/s1. The average Bonchev–Trinajstić information content (AvgIpc) is 2.91. The van der Waals surface area contributed by atoms with Crippen molar-refractivity contribution >= 4 is 17.1 Å². The molecule has 6 N–H and O–H groups in total. The number of ether oxygens (including phenoxy) is 1. The molecule has 1 unspecified atom stereocenters. The van der Waals surface area contributed by atoms with Crippen molar-refractivity contribution in [3.8, 4) is 0 Å². The number of nitrogen functional groups attached to an aromatic ring is 1. The van der Waals surface area contributed by atoms with Crippen LogP contribution < -0.4 is 11.3 Å². The number of hydrogen-bond acceptors (Lipinski definition) is 8. The summed E-state index contributed by atoms with van der Waals surface area (Å²) >= 11 is 0. The van der Waals surface area contributed by atoms with Crippen LogP contribution in [0.25, 0.3) is 11.2 Å².